The molecule has 130 valence electrons. The molecule has 0 unspecified atom stereocenters. The fourth-order valence-corrected chi connectivity index (χ4v) is 2.40. The van der Waals surface area contributed by atoms with Gasteiger partial charge in [0, 0.05) is 5.56 Å². The van der Waals surface area contributed by atoms with Crippen LogP contribution in [-0.4, -0.2) is 64.7 Å². The first-order valence-corrected chi connectivity index (χ1v) is 8.08. The number of phenols is 1. The molecule has 0 fully saturated rings. The summed E-state index contributed by atoms with van der Waals surface area (Å²) in [6.45, 7) is 1.39. The van der Waals surface area contributed by atoms with Gasteiger partial charge in [-0.15, -0.1) is 15.0 Å². The third-order valence-electron chi connectivity index (χ3n) is 3.81. The minimum Gasteiger partial charge on any atom is -0.506 e. The van der Waals surface area contributed by atoms with Crippen LogP contribution in [0.3, 0.4) is 0 Å². The number of phenolic OH excluding ortho intramolecular Hbond substituents is 1. The van der Waals surface area contributed by atoms with Crippen LogP contribution < -0.4 is 5.32 Å². The number of benzene rings is 2. The number of carbonyl (C=O) groups is 1. The molecule has 0 atom stereocenters. The number of aromatic hydroxyl groups is 1. The molecule has 0 aliphatic carbocycles. The van der Waals surface area contributed by atoms with Crippen molar-refractivity contribution in [2.24, 2.45) is 0 Å². The first kappa shape index (κ1) is 16.9. The molecule has 0 aliphatic rings. The van der Waals surface area contributed by atoms with Crippen molar-refractivity contribution in [1.82, 2.24) is 20.3 Å². The van der Waals surface area contributed by atoms with Gasteiger partial charge in [-0.1, -0.05) is 12.1 Å². The maximum absolute atomic E-state index is 12.3. The number of fused-ring (bicyclic) bond motifs is 1. The Hall–Kier alpha value is -2.93. The number of aromatic nitrogens is 3. The first-order chi connectivity index (χ1) is 11.8. The molecule has 2 N–H and O–H groups in total. The molecule has 2 aromatic carbocycles. The summed E-state index contributed by atoms with van der Waals surface area (Å²) in [5.74, 6) is -0.172. The number of amides is 1. The minimum absolute atomic E-state index is 0.0169. The van der Waals surface area contributed by atoms with Gasteiger partial charge in [-0.3, -0.25) is 4.79 Å². The van der Waals surface area contributed by atoms with Gasteiger partial charge in [0.2, 0.25) is 0 Å². The van der Waals surface area contributed by atoms with Crippen LogP contribution in [0.1, 0.15) is 10.4 Å². The number of rotatable bonds is 5. The van der Waals surface area contributed by atoms with Crippen LogP contribution in [0.25, 0.3) is 16.7 Å². The predicted octanol–water partition coefficient (Wildman–Crippen LogP) is 1.56. The standard InChI is InChI=1S/C18H21N5O2/c1-23(2,3)11-10-19-18(25)13-8-9-17(24)16(12-13)22-20-14-6-4-5-7-15(14)21-22/h4-9,12H,10-11H2,1-3H3,(H-,19,24,25)/p+1. The summed E-state index contributed by atoms with van der Waals surface area (Å²) in [5.41, 5.74) is 2.27. The number of nitrogens with zero attached hydrogens (tertiary/aromatic N) is 4. The van der Waals surface area contributed by atoms with Crippen LogP contribution in [0.15, 0.2) is 42.5 Å². The SMILES string of the molecule is C[N+](C)(C)CCNC(=O)c1ccc(O)c(-n2nc3ccccc3n2)c1. The molecule has 0 bridgehead atoms. The van der Waals surface area contributed by atoms with Gasteiger partial charge >= 0.3 is 0 Å². The smallest absolute Gasteiger partial charge is 0.251 e. The van der Waals surface area contributed by atoms with Crippen LogP contribution in [0.2, 0.25) is 0 Å². The third kappa shape index (κ3) is 3.95. The molecule has 0 saturated heterocycles. The summed E-state index contributed by atoms with van der Waals surface area (Å²) < 4.78 is 0.769. The van der Waals surface area contributed by atoms with E-state index in [-0.39, 0.29) is 11.7 Å². The predicted molar refractivity (Wildman–Crippen MR) is 95.8 cm³/mol. The molecule has 1 aromatic heterocycles. The van der Waals surface area contributed by atoms with Crippen molar-refractivity contribution in [3.05, 3.63) is 48.0 Å². The van der Waals surface area contributed by atoms with Crippen molar-refractivity contribution < 1.29 is 14.4 Å². The number of likely N-dealkylation sites (N-methyl/N-ethyl adjacent to an activating group) is 1. The van der Waals surface area contributed by atoms with Crippen LogP contribution in [-0.2, 0) is 0 Å². The van der Waals surface area contributed by atoms with Crippen LogP contribution >= 0.6 is 0 Å². The maximum atomic E-state index is 12.3. The lowest BCUT2D eigenvalue weighted by molar-refractivity contribution is -0.869. The van der Waals surface area contributed by atoms with E-state index in [1.165, 1.54) is 10.9 Å². The lowest BCUT2D eigenvalue weighted by atomic mass is 10.1. The highest BCUT2D eigenvalue weighted by atomic mass is 16.3. The number of hydrogen-bond donors (Lipinski definition) is 2. The summed E-state index contributed by atoms with van der Waals surface area (Å²) in [4.78, 5) is 13.7. The van der Waals surface area contributed by atoms with Gasteiger partial charge in [-0.05, 0) is 30.3 Å². The van der Waals surface area contributed by atoms with E-state index in [1.54, 1.807) is 12.1 Å². The van der Waals surface area contributed by atoms with Crippen molar-refractivity contribution in [3.63, 3.8) is 0 Å². The van der Waals surface area contributed by atoms with Crippen molar-refractivity contribution >= 4 is 16.9 Å². The summed E-state index contributed by atoms with van der Waals surface area (Å²) >= 11 is 0. The van der Waals surface area contributed by atoms with Gasteiger partial charge in [-0.2, -0.15) is 0 Å². The Morgan fingerprint density at radius 2 is 1.76 bits per heavy atom. The summed E-state index contributed by atoms with van der Waals surface area (Å²) in [6.07, 6.45) is 0. The number of carbonyl (C=O) groups excluding carboxylic acids is 1. The van der Waals surface area contributed by atoms with Crippen LogP contribution in [0.4, 0.5) is 0 Å². The molecular weight excluding hydrogens is 318 g/mol. The van der Waals surface area contributed by atoms with E-state index in [1.807, 2.05) is 24.3 Å². The van der Waals surface area contributed by atoms with E-state index in [4.69, 9.17) is 0 Å². The van der Waals surface area contributed by atoms with Crippen LogP contribution in [0.5, 0.6) is 5.75 Å². The zero-order chi connectivity index (χ0) is 18.0. The highest BCUT2D eigenvalue weighted by Crippen LogP contribution is 2.23. The largest absolute Gasteiger partial charge is 0.506 e. The van der Waals surface area contributed by atoms with Crippen molar-refractivity contribution in [3.8, 4) is 11.4 Å². The fourth-order valence-electron chi connectivity index (χ4n) is 2.40. The second-order valence-electron chi connectivity index (χ2n) is 6.95. The molecule has 7 nitrogen and oxygen atoms in total. The Morgan fingerprint density at radius 3 is 2.36 bits per heavy atom. The molecule has 0 aliphatic heterocycles. The van der Waals surface area contributed by atoms with E-state index in [0.717, 1.165) is 22.1 Å². The molecule has 0 spiro atoms. The quantitative estimate of drug-likeness (QED) is 0.691. The fraction of sp³-hybridized carbons (Fsp3) is 0.278. The van der Waals surface area contributed by atoms with E-state index >= 15 is 0 Å². The van der Waals surface area contributed by atoms with Crippen LogP contribution in [0, 0.1) is 0 Å². The second-order valence-corrected chi connectivity index (χ2v) is 6.95. The minimum atomic E-state index is -0.189. The molecule has 7 heteroatoms. The molecule has 0 saturated carbocycles. The zero-order valence-electron chi connectivity index (χ0n) is 14.6. The molecule has 3 aromatic rings. The average Bonchev–Trinajstić information content (AvgIpc) is 2.97. The Labute approximate surface area is 146 Å². The van der Waals surface area contributed by atoms with E-state index < -0.39 is 0 Å². The second kappa shape index (κ2) is 6.52. The van der Waals surface area contributed by atoms with Gasteiger partial charge in [0.15, 0.2) is 0 Å². The Kier molecular flexibility index (Phi) is 4.41. The Bertz CT molecular complexity index is 878. The number of nitrogens with one attached hydrogen (secondary N) is 1. The summed E-state index contributed by atoms with van der Waals surface area (Å²) in [5, 5.41) is 21.7. The summed E-state index contributed by atoms with van der Waals surface area (Å²) in [6, 6.07) is 12.1. The normalized spacial score (nSPS) is 11.6. The Morgan fingerprint density at radius 1 is 1.12 bits per heavy atom. The lowest BCUT2D eigenvalue weighted by Gasteiger charge is -2.23. The molecule has 3 rings (SSSR count). The average molecular weight is 340 g/mol. The first-order valence-electron chi connectivity index (χ1n) is 8.08. The Balaban J connectivity index is 1.84. The molecule has 0 radical (unpaired) electrons. The van der Waals surface area contributed by atoms with E-state index in [9.17, 15) is 9.90 Å². The molecule has 1 amide bonds. The molecule has 25 heavy (non-hydrogen) atoms. The number of hydrogen-bond acceptors (Lipinski definition) is 4. The van der Waals surface area contributed by atoms with Gasteiger partial charge in [0.25, 0.3) is 5.91 Å². The van der Waals surface area contributed by atoms with E-state index in [2.05, 4.69) is 36.7 Å². The van der Waals surface area contributed by atoms with E-state index in [0.29, 0.717) is 17.8 Å². The molecular formula is C18H22N5O2+. The van der Waals surface area contributed by atoms with Crippen molar-refractivity contribution in [2.45, 2.75) is 0 Å². The van der Waals surface area contributed by atoms with Gasteiger partial charge < -0.3 is 14.9 Å². The number of quaternary nitrogens is 1. The van der Waals surface area contributed by atoms with Gasteiger partial charge in [0.05, 0.1) is 34.2 Å². The highest BCUT2D eigenvalue weighted by Gasteiger charge is 2.14. The highest BCUT2D eigenvalue weighted by molar-refractivity contribution is 5.95. The van der Waals surface area contributed by atoms with Gasteiger partial charge in [-0.25, -0.2) is 0 Å². The maximum Gasteiger partial charge on any atom is 0.251 e. The van der Waals surface area contributed by atoms with Crippen molar-refractivity contribution in [1.29, 1.82) is 0 Å². The lowest BCUT2D eigenvalue weighted by Crippen LogP contribution is -2.41. The zero-order valence-corrected chi connectivity index (χ0v) is 14.6. The topological polar surface area (TPSA) is 80.0 Å². The molecule has 1 heterocycles. The summed E-state index contributed by atoms with van der Waals surface area (Å²) in [7, 11) is 6.20. The van der Waals surface area contributed by atoms with Crippen molar-refractivity contribution in [2.75, 3.05) is 34.2 Å². The third-order valence-corrected chi connectivity index (χ3v) is 3.81. The van der Waals surface area contributed by atoms with Gasteiger partial charge in [0.1, 0.15) is 22.5 Å². The monoisotopic (exact) mass is 340 g/mol.